The molecule has 0 saturated heterocycles. The molecule has 5 nitrogen and oxygen atoms in total. The van der Waals surface area contributed by atoms with Gasteiger partial charge in [0.15, 0.2) is 11.4 Å². The Bertz CT molecular complexity index is 1100. The van der Waals surface area contributed by atoms with Crippen molar-refractivity contribution in [2.45, 2.75) is 32.0 Å². The summed E-state index contributed by atoms with van der Waals surface area (Å²) < 4.78 is 2.19. The Morgan fingerprint density at radius 3 is 2.81 bits per heavy atom. The second kappa shape index (κ2) is 7.17. The highest BCUT2D eigenvalue weighted by Gasteiger charge is 2.15. The van der Waals surface area contributed by atoms with E-state index in [0.29, 0.717) is 10.9 Å². The van der Waals surface area contributed by atoms with Crippen molar-refractivity contribution < 1.29 is 4.79 Å². The van der Waals surface area contributed by atoms with Crippen LogP contribution in [0.1, 0.15) is 27.9 Å². The van der Waals surface area contributed by atoms with Crippen LogP contribution in [0.3, 0.4) is 0 Å². The van der Waals surface area contributed by atoms with Gasteiger partial charge < -0.3 is 4.57 Å². The summed E-state index contributed by atoms with van der Waals surface area (Å²) in [7, 11) is 0. The van der Waals surface area contributed by atoms with Crippen LogP contribution in [0.15, 0.2) is 41.6 Å². The van der Waals surface area contributed by atoms with Gasteiger partial charge in [-0.05, 0) is 31.5 Å². The van der Waals surface area contributed by atoms with Crippen molar-refractivity contribution in [2.24, 2.45) is 0 Å². The number of hydrogen-bond donors (Lipinski definition) is 0. The number of carbonyl (C=O) groups excluding carboxylic acids is 1. The van der Waals surface area contributed by atoms with Gasteiger partial charge in [-0.25, -0.2) is 4.98 Å². The highest BCUT2D eigenvalue weighted by molar-refractivity contribution is 7.99. The lowest BCUT2D eigenvalue weighted by Gasteiger charge is -2.04. The number of benzene rings is 1. The SMILES string of the molecule is CCCn1c2ccccc2c2nnc(SCC(=O)c3ccc(C)s3)nc21. The smallest absolute Gasteiger partial charge is 0.211 e. The molecule has 0 aliphatic carbocycles. The molecule has 0 fully saturated rings. The Hall–Kier alpha value is -2.25. The van der Waals surface area contributed by atoms with Crippen LogP contribution in [0.5, 0.6) is 0 Å². The van der Waals surface area contributed by atoms with E-state index in [9.17, 15) is 4.79 Å². The Labute approximate surface area is 159 Å². The summed E-state index contributed by atoms with van der Waals surface area (Å²) in [6, 6.07) is 12.0. The largest absolute Gasteiger partial charge is 0.324 e. The molecule has 1 aromatic carbocycles. The number of aryl methyl sites for hydroxylation is 2. The number of ketones is 1. The molecular weight excluding hydrogens is 364 g/mol. The normalized spacial score (nSPS) is 11.5. The van der Waals surface area contributed by atoms with Gasteiger partial charge in [-0.2, -0.15) is 0 Å². The standard InChI is InChI=1S/C19H18N4OS2/c1-3-10-23-14-7-5-4-6-13(14)17-18(23)20-19(22-21-17)25-11-15(24)16-9-8-12(2)26-16/h4-9H,3,10-11H2,1-2H3. The average molecular weight is 383 g/mol. The minimum absolute atomic E-state index is 0.103. The molecule has 0 saturated carbocycles. The first-order chi connectivity index (χ1) is 12.7. The maximum atomic E-state index is 12.3. The molecule has 0 atom stereocenters. The monoisotopic (exact) mass is 382 g/mol. The third kappa shape index (κ3) is 3.12. The molecule has 4 rings (SSSR count). The van der Waals surface area contributed by atoms with Crippen molar-refractivity contribution in [1.82, 2.24) is 19.7 Å². The van der Waals surface area contributed by atoms with E-state index in [1.807, 2.05) is 31.2 Å². The number of nitrogens with zero attached hydrogens (tertiary/aromatic N) is 4. The molecular formula is C19H18N4OS2. The maximum Gasteiger partial charge on any atom is 0.211 e. The molecule has 0 bridgehead atoms. The molecule has 7 heteroatoms. The third-order valence-electron chi connectivity index (χ3n) is 4.15. The number of fused-ring (bicyclic) bond motifs is 3. The van der Waals surface area contributed by atoms with E-state index < -0.39 is 0 Å². The van der Waals surface area contributed by atoms with E-state index in [1.54, 1.807) is 0 Å². The van der Waals surface area contributed by atoms with Crippen LogP contribution in [0.2, 0.25) is 0 Å². The van der Waals surface area contributed by atoms with E-state index in [2.05, 4.69) is 33.8 Å². The van der Waals surface area contributed by atoms with Crippen molar-refractivity contribution in [3.8, 4) is 0 Å². The van der Waals surface area contributed by atoms with Crippen LogP contribution in [-0.4, -0.2) is 31.3 Å². The van der Waals surface area contributed by atoms with Crippen molar-refractivity contribution in [3.05, 3.63) is 46.2 Å². The van der Waals surface area contributed by atoms with Crippen LogP contribution in [0.25, 0.3) is 22.1 Å². The lowest BCUT2D eigenvalue weighted by molar-refractivity contribution is 0.102. The predicted molar refractivity (Wildman–Crippen MR) is 107 cm³/mol. The summed E-state index contributed by atoms with van der Waals surface area (Å²) in [5.41, 5.74) is 2.78. The van der Waals surface area contributed by atoms with Gasteiger partial charge in [0.25, 0.3) is 0 Å². The van der Waals surface area contributed by atoms with Crippen LogP contribution < -0.4 is 0 Å². The van der Waals surface area contributed by atoms with Crippen LogP contribution in [-0.2, 0) is 6.54 Å². The second-order valence-corrected chi connectivity index (χ2v) is 8.29. The van der Waals surface area contributed by atoms with Gasteiger partial charge >= 0.3 is 0 Å². The zero-order valence-corrected chi connectivity index (χ0v) is 16.2. The Balaban J connectivity index is 1.65. The van der Waals surface area contributed by atoms with Crippen molar-refractivity contribution >= 4 is 50.9 Å². The summed E-state index contributed by atoms with van der Waals surface area (Å²) >= 11 is 2.87. The number of carbonyl (C=O) groups is 1. The van der Waals surface area contributed by atoms with Gasteiger partial charge in [0.05, 0.1) is 16.1 Å². The third-order valence-corrected chi connectivity index (χ3v) is 6.03. The first-order valence-corrected chi connectivity index (χ1v) is 10.3. The summed E-state index contributed by atoms with van der Waals surface area (Å²) in [4.78, 5) is 18.9. The molecule has 0 unspecified atom stereocenters. The molecule has 4 aromatic rings. The summed E-state index contributed by atoms with van der Waals surface area (Å²) in [5, 5.41) is 10.3. The van der Waals surface area contributed by atoms with Gasteiger partial charge in [-0.15, -0.1) is 21.5 Å². The highest BCUT2D eigenvalue weighted by atomic mass is 32.2. The maximum absolute atomic E-state index is 12.3. The number of para-hydroxylation sites is 1. The minimum Gasteiger partial charge on any atom is -0.324 e. The number of thioether (sulfide) groups is 1. The quantitative estimate of drug-likeness (QED) is 0.356. The Morgan fingerprint density at radius 1 is 1.19 bits per heavy atom. The van der Waals surface area contributed by atoms with E-state index in [4.69, 9.17) is 4.98 Å². The number of aromatic nitrogens is 4. The summed E-state index contributed by atoms with van der Waals surface area (Å²) in [6.07, 6.45) is 1.01. The van der Waals surface area contributed by atoms with Crippen LogP contribution in [0.4, 0.5) is 0 Å². The average Bonchev–Trinajstić information content (AvgIpc) is 3.22. The lowest BCUT2D eigenvalue weighted by atomic mass is 10.2. The molecule has 3 aromatic heterocycles. The number of rotatable bonds is 6. The molecule has 3 heterocycles. The van der Waals surface area contributed by atoms with Crippen molar-refractivity contribution in [1.29, 1.82) is 0 Å². The van der Waals surface area contributed by atoms with E-state index >= 15 is 0 Å². The Kier molecular flexibility index (Phi) is 4.74. The molecule has 0 aliphatic rings. The highest BCUT2D eigenvalue weighted by Crippen LogP contribution is 2.27. The van der Waals surface area contributed by atoms with E-state index in [0.717, 1.165) is 44.8 Å². The summed E-state index contributed by atoms with van der Waals surface area (Å²) in [5.74, 6) is 0.423. The van der Waals surface area contributed by atoms with E-state index in [1.165, 1.54) is 23.1 Å². The van der Waals surface area contributed by atoms with Crippen LogP contribution in [0, 0.1) is 6.92 Å². The fraction of sp³-hybridized carbons (Fsp3) is 0.263. The fourth-order valence-corrected chi connectivity index (χ4v) is 4.55. The molecule has 0 amide bonds. The van der Waals surface area contributed by atoms with Gasteiger partial charge in [-0.3, -0.25) is 4.79 Å². The Morgan fingerprint density at radius 2 is 2.04 bits per heavy atom. The first kappa shape index (κ1) is 17.2. The molecule has 0 N–H and O–H groups in total. The lowest BCUT2D eigenvalue weighted by Crippen LogP contribution is -2.03. The molecule has 0 spiro atoms. The molecule has 0 radical (unpaired) electrons. The first-order valence-electron chi connectivity index (χ1n) is 8.51. The van der Waals surface area contributed by atoms with Gasteiger partial charge in [0.2, 0.25) is 5.16 Å². The summed E-state index contributed by atoms with van der Waals surface area (Å²) in [6.45, 7) is 5.02. The number of hydrogen-bond acceptors (Lipinski definition) is 6. The zero-order chi connectivity index (χ0) is 18.1. The molecule has 0 aliphatic heterocycles. The minimum atomic E-state index is 0.103. The predicted octanol–water partition coefficient (Wildman–Crippen LogP) is 4.73. The topological polar surface area (TPSA) is 60.7 Å². The number of Topliss-reactive ketones (excluding diaryl/α,β-unsaturated/α-hetero) is 1. The molecule has 26 heavy (non-hydrogen) atoms. The number of thiophene rings is 1. The molecule has 132 valence electrons. The van der Waals surface area contributed by atoms with Crippen molar-refractivity contribution in [3.63, 3.8) is 0 Å². The van der Waals surface area contributed by atoms with E-state index in [-0.39, 0.29) is 5.78 Å². The van der Waals surface area contributed by atoms with Gasteiger partial charge in [0.1, 0.15) is 5.52 Å². The van der Waals surface area contributed by atoms with Crippen LogP contribution >= 0.6 is 23.1 Å². The van der Waals surface area contributed by atoms with Crippen molar-refractivity contribution in [2.75, 3.05) is 5.75 Å². The second-order valence-electron chi connectivity index (χ2n) is 6.06. The van der Waals surface area contributed by atoms with Gasteiger partial charge in [-0.1, -0.05) is 36.9 Å². The fourth-order valence-electron chi connectivity index (χ4n) is 2.99. The van der Waals surface area contributed by atoms with Gasteiger partial charge in [0, 0.05) is 16.8 Å². The zero-order valence-electron chi connectivity index (χ0n) is 14.6.